The van der Waals surface area contributed by atoms with Crippen molar-refractivity contribution in [3.63, 3.8) is 0 Å². The molecule has 0 spiro atoms. The van der Waals surface area contributed by atoms with Gasteiger partial charge in [0.2, 0.25) is 27.4 Å². The predicted molar refractivity (Wildman–Crippen MR) is 204 cm³/mol. The number of hydrogen-bond acceptors (Lipinski definition) is 11. The fourth-order valence-corrected chi connectivity index (χ4v) is 8.99. The third-order valence-electron chi connectivity index (χ3n) is 12.0. The highest BCUT2D eigenvalue weighted by atomic mass is 32.2. The van der Waals surface area contributed by atoms with Crippen molar-refractivity contribution in [3.05, 3.63) is 36.5 Å². The maximum absolute atomic E-state index is 14.9. The van der Waals surface area contributed by atoms with Crippen LogP contribution in [0, 0.1) is 17.8 Å². The van der Waals surface area contributed by atoms with Gasteiger partial charge in [-0.05, 0) is 83.3 Å². The maximum atomic E-state index is 14.9. The number of nitrogens with one attached hydrogen (secondary N) is 3. The molecule has 2 aliphatic carbocycles. The van der Waals surface area contributed by atoms with Gasteiger partial charge >= 0.3 is 12.3 Å². The molecule has 2 saturated carbocycles. The van der Waals surface area contributed by atoms with Crippen LogP contribution in [-0.4, -0.2) is 101 Å². The summed E-state index contributed by atoms with van der Waals surface area (Å²) in [6, 6.07) is 2.32. The zero-order valence-electron chi connectivity index (χ0n) is 33.4. The summed E-state index contributed by atoms with van der Waals surface area (Å²) < 4.78 is 85.3. The van der Waals surface area contributed by atoms with Crippen molar-refractivity contribution in [3.8, 4) is 11.5 Å². The van der Waals surface area contributed by atoms with Gasteiger partial charge in [0.15, 0.2) is 0 Å². The van der Waals surface area contributed by atoms with Crippen LogP contribution in [0.25, 0.3) is 10.9 Å². The Morgan fingerprint density at radius 1 is 1.14 bits per heavy atom. The molecule has 6 rings (SSSR count). The number of nitrogens with zero attached hydrogens (tertiary/aromatic N) is 3. The molecule has 58 heavy (non-hydrogen) atoms. The number of benzene rings is 1. The van der Waals surface area contributed by atoms with Crippen molar-refractivity contribution in [2.24, 2.45) is 17.8 Å². The highest BCUT2D eigenvalue weighted by Crippen LogP contribution is 2.48. The minimum atomic E-state index is -4.92. The molecule has 19 heteroatoms. The van der Waals surface area contributed by atoms with E-state index in [-0.39, 0.29) is 31.1 Å². The van der Waals surface area contributed by atoms with E-state index < -0.39 is 85.9 Å². The number of aromatic nitrogens is 2. The number of alkyl halides is 3. The number of carbonyl (C=O) groups excluding carboxylic acids is 4. The number of sulfonamides is 1. The normalized spacial score (nSPS) is 28.9. The monoisotopic (exact) mass is 836 g/mol. The number of rotatable bonds is 9. The van der Waals surface area contributed by atoms with E-state index in [9.17, 15) is 40.8 Å². The van der Waals surface area contributed by atoms with Crippen molar-refractivity contribution in [1.82, 2.24) is 30.5 Å². The lowest BCUT2D eigenvalue weighted by Gasteiger charge is -2.35. The Morgan fingerprint density at radius 3 is 2.52 bits per heavy atom. The molecular formula is C39H51F3N6O9S. The molecule has 1 aromatic heterocycles. The minimum absolute atomic E-state index is 0.0348. The minimum Gasteiger partial charge on any atom is -0.497 e. The second-order valence-corrected chi connectivity index (χ2v) is 19.0. The first-order valence-electron chi connectivity index (χ1n) is 19.5. The van der Waals surface area contributed by atoms with Gasteiger partial charge in [0.25, 0.3) is 5.91 Å². The third-order valence-corrected chi connectivity index (χ3v) is 14.2. The molecule has 4 amide bonds. The number of fused-ring (bicyclic) bond motifs is 3. The molecule has 1 aromatic carbocycles. The number of carbonyl (C=O) groups is 4. The first-order valence-corrected chi connectivity index (χ1v) is 21.0. The van der Waals surface area contributed by atoms with Crippen molar-refractivity contribution in [2.75, 3.05) is 13.7 Å². The van der Waals surface area contributed by atoms with Crippen LogP contribution in [0.1, 0.15) is 86.0 Å². The Labute approximate surface area is 335 Å². The molecule has 7 atom stereocenters. The molecule has 15 nitrogen and oxygen atoms in total. The van der Waals surface area contributed by atoms with Gasteiger partial charge in [0.1, 0.15) is 40.7 Å². The summed E-state index contributed by atoms with van der Waals surface area (Å²) in [5.41, 5.74) is -4.09. The molecule has 3 N–H and O–H groups in total. The summed E-state index contributed by atoms with van der Waals surface area (Å²) >= 11 is 0. The summed E-state index contributed by atoms with van der Waals surface area (Å²) in [6.45, 7) is 6.47. The van der Waals surface area contributed by atoms with Crippen molar-refractivity contribution in [1.29, 1.82) is 0 Å². The Morgan fingerprint density at radius 2 is 1.86 bits per heavy atom. The Kier molecular flexibility index (Phi) is 11.7. The van der Waals surface area contributed by atoms with E-state index in [4.69, 9.17) is 14.2 Å². The second kappa shape index (κ2) is 15.8. The van der Waals surface area contributed by atoms with E-state index in [1.54, 1.807) is 31.2 Å². The molecule has 2 aliphatic heterocycles. The quantitative estimate of drug-likeness (QED) is 0.297. The molecule has 3 fully saturated rings. The summed E-state index contributed by atoms with van der Waals surface area (Å²) in [5, 5.41) is 14.0. The molecule has 318 valence electrons. The van der Waals surface area contributed by atoms with E-state index in [1.165, 1.54) is 25.1 Å². The van der Waals surface area contributed by atoms with Crippen LogP contribution in [0.4, 0.5) is 18.0 Å². The second-order valence-electron chi connectivity index (χ2n) is 16.8. The Balaban J connectivity index is 1.37. The van der Waals surface area contributed by atoms with Crippen LogP contribution in [0.5, 0.6) is 11.5 Å². The lowest BCUT2D eigenvalue weighted by Crippen LogP contribution is -2.60. The van der Waals surface area contributed by atoms with Crippen LogP contribution >= 0.6 is 0 Å². The number of allylic oxidation sites excluding steroid dienone is 1. The number of halogens is 3. The largest absolute Gasteiger partial charge is 0.497 e. The van der Waals surface area contributed by atoms with Crippen LogP contribution in [-0.2, 0) is 29.1 Å². The molecule has 7 unspecified atom stereocenters. The summed E-state index contributed by atoms with van der Waals surface area (Å²) in [4.78, 5) is 57.7. The van der Waals surface area contributed by atoms with Crippen molar-refractivity contribution < 1.29 is 55.0 Å². The molecule has 0 radical (unpaired) electrons. The topological polar surface area (TPSA) is 195 Å². The van der Waals surface area contributed by atoms with Crippen molar-refractivity contribution >= 4 is 44.7 Å². The number of hydrogen-bond donors (Lipinski definition) is 3. The SMILES string of the molecule is CCC1CC(C)CCC=CC2CC2(C(=O)NS(=O)(=O)C2(C)CC2)NC(=O)C2CC(Oc3cnnc4cc(OC)ccc34)CN2C(=O)C1NC(=O)OC(C)(C)C(F)(F)F. The average molecular weight is 837 g/mol. The number of methoxy groups -OCH3 is 1. The van der Waals surface area contributed by atoms with Gasteiger partial charge in [0.05, 0.1) is 24.6 Å². The first-order chi connectivity index (χ1) is 27.1. The van der Waals surface area contributed by atoms with Crippen LogP contribution < -0.4 is 24.8 Å². The lowest BCUT2D eigenvalue weighted by molar-refractivity contribution is -0.244. The van der Waals surface area contributed by atoms with Crippen molar-refractivity contribution in [2.45, 2.75) is 126 Å². The van der Waals surface area contributed by atoms with Crippen LogP contribution in [0.2, 0.25) is 0 Å². The zero-order valence-corrected chi connectivity index (χ0v) is 34.2. The van der Waals surface area contributed by atoms with Gasteiger partial charge in [-0.2, -0.15) is 23.4 Å². The van der Waals surface area contributed by atoms with E-state index >= 15 is 0 Å². The molecule has 3 heterocycles. The molecule has 1 saturated heterocycles. The van der Waals surface area contributed by atoms with Gasteiger partial charge in [-0.3, -0.25) is 19.1 Å². The van der Waals surface area contributed by atoms with E-state index in [0.717, 1.165) is 0 Å². The molecular weight excluding hydrogens is 786 g/mol. The Bertz CT molecular complexity index is 2080. The van der Waals surface area contributed by atoms with Gasteiger partial charge in [-0.25, -0.2) is 13.2 Å². The number of alkyl carbamates (subject to hydrolysis) is 1. The standard InChI is InChI=1S/C39H51F3N6O9S/c1-7-23-16-22(2)10-8-9-11-24-19-38(24,34(51)47-58(53,54)37(5)14-15-37)45-32(49)29-18-26(56-30-20-43-46-28-17-25(55-6)12-13-27(28)30)21-48(29)33(50)31(23)44-35(52)57-36(3,4)39(40,41)42/h9,11-13,17,20,22-24,26,29,31H,7-8,10,14-16,18-19,21H2,1-6H3,(H,44,52)(H,45,49)(H,47,51). The Hall–Kier alpha value is -4.68. The van der Waals surface area contributed by atoms with E-state index in [2.05, 4.69) is 25.6 Å². The fraction of sp³-hybridized carbons (Fsp3) is 0.641. The highest BCUT2D eigenvalue weighted by molar-refractivity contribution is 7.91. The smallest absolute Gasteiger partial charge is 0.427 e. The molecule has 4 aliphatic rings. The summed E-state index contributed by atoms with van der Waals surface area (Å²) in [5.74, 6) is -2.81. The van der Waals surface area contributed by atoms with Crippen LogP contribution in [0.15, 0.2) is 36.5 Å². The fourth-order valence-electron chi connectivity index (χ4n) is 7.68. The number of amides is 4. The predicted octanol–water partition coefficient (Wildman–Crippen LogP) is 4.70. The van der Waals surface area contributed by atoms with E-state index in [0.29, 0.717) is 69.0 Å². The zero-order chi connectivity index (χ0) is 42.4. The van der Waals surface area contributed by atoms with Gasteiger partial charge in [-0.1, -0.05) is 32.4 Å². The average Bonchev–Trinajstić information content (AvgIpc) is 4.03. The third kappa shape index (κ3) is 8.69. The van der Waals surface area contributed by atoms with E-state index in [1.807, 2.05) is 13.0 Å². The summed E-state index contributed by atoms with van der Waals surface area (Å²) in [7, 11) is -2.58. The highest BCUT2D eigenvalue weighted by Gasteiger charge is 2.63. The van der Waals surface area contributed by atoms with Gasteiger partial charge in [-0.15, -0.1) is 0 Å². The first kappa shape index (κ1) is 42.9. The van der Waals surface area contributed by atoms with Crippen LogP contribution in [0.3, 0.4) is 0 Å². The lowest BCUT2D eigenvalue weighted by atomic mass is 9.85. The molecule has 0 bridgehead atoms. The van der Waals surface area contributed by atoms with Gasteiger partial charge < -0.3 is 29.7 Å². The molecule has 2 aromatic rings. The maximum Gasteiger partial charge on any atom is 0.427 e. The van der Waals surface area contributed by atoms with Gasteiger partial charge in [0, 0.05) is 23.8 Å². The number of ether oxygens (including phenoxy) is 3. The summed E-state index contributed by atoms with van der Waals surface area (Å²) in [6.07, 6.45) is 0.419.